The minimum Gasteiger partial charge on any atom is -0.368 e. The lowest BCUT2D eigenvalue weighted by atomic mass is 10.1. The third kappa shape index (κ3) is 3.70. The van der Waals surface area contributed by atoms with Crippen LogP contribution in [-0.4, -0.2) is 59.6 Å². The van der Waals surface area contributed by atoms with Gasteiger partial charge >= 0.3 is 0 Å². The summed E-state index contributed by atoms with van der Waals surface area (Å²) in [6.45, 7) is 6.72. The van der Waals surface area contributed by atoms with E-state index in [1.165, 1.54) is 5.56 Å². The van der Waals surface area contributed by atoms with E-state index >= 15 is 0 Å². The summed E-state index contributed by atoms with van der Waals surface area (Å²) in [6.07, 6.45) is 1.63. The third-order valence-corrected chi connectivity index (χ3v) is 5.61. The number of hydrogen-bond donors (Lipinski definition) is 0. The molecule has 3 heterocycles. The maximum absolute atomic E-state index is 12.4. The quantitative estimate of drug-likeness (QED) is 0.776. The molecule has 2 aliphatic rings. The first kappa shape index (κ1) is 17.7. The number of amides is 1. The summed E-state index contributed by atoms with van der Waals surface area (Å²) in [4.78, 5) is 21.3. The fraction of sp³-hybridized carbons (Fsp3) is 0.500. The number of nitrogens with zero attached hydrogens (tertiary/aromatic N) is 3. The molecule has 0 aliphatic carbocycles. The number of rotatable bonds is 3. The van der Waals surface area contributed by atoms with Gasteiger partial charge in [-0.2, -0.15) is 0 Å². The molecule has 2 fully saturated rings. The molecule has 138 valence electrons. The Labute approximate surface area is 158 Å². The van der Waals surface area contributed by atoms with Gasteiger partial charge in [0.1, 0.15) is 11.3 Å². The van der Waals surface area contributed by atoms with Crippen molar-refractivity contribution in [3.05, 3.63) is 40.5 Å². The van der Waals surface area contributed by atoms with E-state index < -0.39 is 0 Å². The van der Waals surface area contributed by atoms with E-state index in [9.17, 15) is 4.79 Å². The average Bonchev–Trinajstić information content (AvgIpc) is 3.17. The van der Waals surface area contributed by atoms with E-state index in [2.05, 4.69) is 41.1 Å². The molecule has 5 nitrogen and oxygen atoms in total. The Kier molecular flexibility index (Phi) is 5.11. The van der Waals surface area contributed by atoms with Gasteiger partial charge in [-0.15, -0.1) is 0 Å². The summed E-state index contributed by atoms with van der Waals surface area (Å²) in [7, 11) is 0. The average molecular weight is 374 g/mol. The van der Waals surface area contributed by atoms with Crippen molar-refractivity contribution in [1.82, 2.24) is 14.8 Å². The Morgan fingerprint density at radius 2 is 2.08 bits per heavy atom. The zero-order valence-electron chi connectivity index (χ0n) is 15.1. The van der Waals surface area contributed by atoms with Crippen molar-refractivity contribution >= 4 is 28.4 Å². The van der Waals surface area contributed by atoms with E-state index in [0.717, 1.165) is 62.0 Å². The topological polar surface area (TPSA) is 45.7 Å². The lowest BCUT2D eigenvalue weighted by Gasteiger charge is -2.35. The summed E-state index contributed by atoms with van der Waals surface area (Å²) in [5.41, 5.74) is 3.16. The minimum atomic E-state index is -0.218. The third-order valence-electron chi connectivity index (χ3n) is 5.28. The van der Waals surface area contributed by atoms with Crippen LogP contribution >= 0.6 is 11.6 Å². The number of piperazine rings is 1. The van der Waals surface area contributed by atoms with Crippen LogP contribution in [0.3, 0.4) is 0 Å². The van der Waals surface area contributed by atoms with Crippen LogP contribution in [0.5, 0.6) is 0 Å². The largest absolute Gasteiger partial charge is 0.368 e. The number of hydrogen-bond acceptors (Lipinski definition) is 4. The number of aromatic nitrogens is 1. The molecule has 0 spiro atoms. The van der Waals surface area contributed by atoms with Gasteiger partial charge in [-0.1, -0.05) is 23.7 Å². The number of benzene rings is 1. The first-order chi connectivity index (χ1) is 12.6. The summed E-state index contributed by atoms with van der Waals surface area (Å²) in [5.74, 6) is 0.155. The van der Waals surface area contributed by atoms with Gasteiger partial charge < -0.3 is 9.64 Å². The van der Waals surface area contributed by atoms with Gasteiger partial charge in [0.15, 0.2) is 0 Å². The summed E-state index contributed by atoms with van der Waals surface area (Å²) >= 11 is 6.42. The Morgan fingerprint density at radius 3 is 2.81 bits per heavy atom. The number of aryl methyl sites for hydroxylation is 1. The first-order valence-corrected chi connectivity index (χ1v) is 9.66. The molecule has 4 rings (SSSR count). The van der Waals surface area contributed by atoms with Crippen molar-refractivity contribution in [1.29, 1.82) is 0 Å². The summed E-state index contributed by atoms with van der Waals surface area (Å²) in [6, 6.07) is 8.38. The van der Waals surface area contributed by atoms with Crippen LogP contribution in [0.4, 0.5) is 0 Å². The minimum absolute atomic E-state index is 0.155. The molecule has 2 aromatic rings. The predicted molar refractivity (Wildman–Crippen MR) is 102 cm³/mol. The number of ether oxygens (including phenoxy) is 1. The van der Waals surface area contributed by atoms with Crippen molar-refractivity contribution < 1.29 is 9.53 Å². The van der Waals surface area contributed by atoms with Crippen molar-refractivity contribution in [2.24, 2.45) is 0 Å². The highest BCUT2D eigenvalue weighted by molar-refractivity contribution is 6.30. The predicted octanol–water partition coefficient (Wildman–Crippen LogP) is 3.02. The van der Waals surface area contributed by atoms with Crippen molar-refractivity contribution in [3.63, 3.8) is 0 Å². The Balaban J connectivity index is 1.39. The molecule has 0 unspecified atom stereocenters. The van der Waals surface area contributed by atoms with Gasteiger partial charge in [-0.25, -0.2) is 4.98 Å². The second-order valence-corrected chi connectivity index (χ2v) is 7.60. The number of carbonyl (C=O) groups excluding carboxylic acids is 1. The van der Waals surface area contributed by atoms with Crippen LogP contribution < -0.4 is 0 Å². The molecule has 0 bridgehead atoms. The van der Waals surface area contributed by atoms with Gasteiger partial charge in [0.2, 0.25) is 0 Å². The Hall–Kier alpha value is -1.69. The van der Waals surface area contributed by atoms with E-state index in [4.69, 9.17) is 16.3 Å². The molecule has 2 aliphatic heterocycles. The molecular formula is C20H24ClN3O2. The molecule has 2 saturated heterocycles. The fourth-order valence-electron chi connectivity index (χ4n) is 3.75. The molecular weight excluding hydrogens is 350 g/mol. The molecule has 0 saturated carbocycles. The van der Waals surface area contributed by atoms with E-state index in [1.807, 2.05) is 4.90 Å². The standard InChI is InChI=1S/C20H24ClN3O2/c1-14-4-5-15-12-16(19(21)22-17(15)11-14)13-23-6-8-24(9-7-23)20(25)18-3-2-10-26-18/h4-5,11-12,18H,2-3,6-10,13H2,1H3/t18-/m0/s1. The normalized spacial score (nSPS) is 21.5. The smallest absolute Gasteiger partial charge is 0.251 e. The summed E-state index contributed by atoms with van der Waals surface area (Å²) < 4.78 is 5.52. The van der Waals surface area contributed by atoms with Gasteiger partial charge in [0.25, 0.3) is 5.91 Å². The number of halogens is 1. The lowest BCUT2D eigenvalue weighted by molar-refractivity contribution is -0.142. The fourth-order valence-corrected chi connectivity index (χ4v) is 3.96. The van der Waals surface area contributed by atoms with Crippen LogP contribution in [0.25, 0.3) is 10.9 Å². The van der Waals surface area contributed by atoms with E-state index in [0.29, 0.717) is 11.8 Å². The second-order valence-electron chi connectivity index (χ2n) is 7.24. The maximum Gasteiger partial charge on any atom is 0.251 e. The van der Waals surface area contributed by atoms with Crippen LogP contribution in [-0.2, 0) is 16.1 Å². The molecule has 0 N–H and O–H groups in total. The molecule has 1 aromatic heterocycles. The molecule has 1 atom stereocenters. The van der Waals surface area contributed by atoms with Crippen LogP contribution in [0.1, 0.15) is 24.0 Å². The van der Waals surface area contributed by atoms with Crippen molar-refractivity contribution in [2.45, 2.75) is 32.4 Å². The second kappa shape index (κ2) is 7.51. The lowest BCUT2D eigenvalue weighted by Crippen LogP contribution is -2.51. The van der Waals surface area contributed by atoms with Crippen LogP contribution in [0.2, 0.25) is 5.15 Å². The van der Waals surface area contributed by atoms with Crippen LogP contribution in [0.15, 0.2) is 24.3 Å². The van der Waals surface area contributed by atoms with Crippen LogP contribution in [0, 0.1) is 6.92 Å². The maximum atomic E-state index is 12.4. The zero-order valence-corrected chi connectivity index (χ0v) is 15.8. The van der Waals surface area contributed by atoms with Gasteiger partial charge in [-0.3, -0.25) is 9.69 Å². The highest BCUT2D eigenvalue weighted by Gasteiger charge is 2.30. The Morgan fingerprint density at radius 1 is 1.27 bits per heavy atom. The molecule has 0 radical (unpaired) electrons. The van der Waals surface area contributed by atoms with Gasteiger partial charge in [-0.05, 0) is 37.5 Å². The van der Waals surface area contributed by atoms with Crippen molar-refractivity contribution in [3.8, 4) is 0 Å². The number of fused-ring (bicyclic) bond motifs is 1. The highest BCUT2D eigenvalue weighted by atomic mass is 35.5. The number of carbonyl (C=O) groups is 1. The van der Waals surface area contributed by atoms with E-state index in [1.54, 1.807) is 0 Å². The first-order valence-electron chi connectivity index (χ1n) is 9.29. The van der Waals surface area contributed by atoms with Gasteiger partial charge in [0.05, 0.1) is 5.52 Å². The zero-order chi connectivity index (χ0) is 18.1. The monoisotopic (exact) mass is 373 g/mol. The van der Waals surface area contributed by atoms with Gasteiger partial charge in [0, 0.05) is 50.3 Å². The summed E-state index contributed by atoms with van der Waals surface area (Å²) in [5, 5.41) is 1.68. The molecule has 26 heavy (non-hydrogen) atoms. The molecule has 1 amide bonds. The Bertz CT molecular complexity index is 812. The number of pyridine rings is 1. The molecule has 6 heteroatoms. The van der Waals surface area contributed by atoms with Crippen molar-refractivity contribution in [2.75, 3.05) is 32.8 Å². The van der Waals surface area contributed by atoms with E-state index in [-0.39, 0.29) is 12.0 Å². The SMILES string of the molecule is Cc1ccc2cc(CN3CCN(C(=O)[C@@H]4CCCO4)CC3)c(Cl)nc2c1. The highest BCUT2D eigenvalue weighted by Crippen LogP contribution is 2.23. The molecule has 1 aromatic carbocycles.